The highest BCUT2D eigenvalue weighted by Crippen LogP contribution is 2.15. The lowest BCUT2D eigenvalue weighted by atomic mass is 10.1. The molecule has 2 heteroatoms. The molecule has 1 aliphatic rings. The minimum absolute atomic E-state index is 0.761. The molecule has 1 atom stereocenters. The molecule has 0 radical (unpaired) electrons. The van der Waals surface area contributed by atoms with Gasteiger partial charge in [0.25, 0.3) is 0 Å². The molecule has 21 heavy (non-hydrogen) atoms. The minimum atomic E-state index is 0.761. The summed E-state index contributed by atoms with van der Waals surface area (Å²) in [5.74, 6) is 0. The second-order valence-electron chi connectivity index (χ2n) is 5.92. The van der Waals surface area contributed by atoms with Crippen LogP contribution < -0.4 is 0 Å². The first-order valence-electron chi connectivity index (χ1n) is 8.48. The normalized spacial score (nSPS) is 19.9. The molecule has 0 spiro atoms. The molecule has 0 N–H and O–H groups in total. The van der Waals surface area contributed by atoms with Crippen LogP contribution in [0.1, 0.15) is 38.3 Å². The SMILES string of the molecule is CCc1ccc(/C=C/CN2CCC(N(CC)CC)C2)cc1. The Labute approximate surface area is 130 Å². The van der Waals surface area contributed by atoms with Crippen molar-refractivity contribution in [3.05, 3.63) is 41.5 Å². The number of likely N-dealkylation sites (N-methyl/N-ethyl adjacent to an activating group) is 1. The summed E-state index contributed by atoms with van der Waals surface area (Å²) >= 11 is 0. The lowest BCUT2D eigenvalue weighted by Gasteiger charge is -2.25. The van der Waals surface area contributed by atoms with Crippen LogP contribution in [0.25, 0.3) is 6.08 Å². The second-order valence-corrected chi connectivity index (χ2v) is 5.92. The third-order valence-corrected chi connectivity index (χ3v) is 4.64. The average Bonchev–Trinajstić information content (AvgIpc) is 2.98. The summed E-state index contributed by atoms with van der Waals surface area (Å²) in [5, 5.41) is 0. The summed E-state index contributed by atoms with van der Waals surface area (Å²) in [6.07, 6.45) is 7.00. The van der Waals surface area contributed by atoms with E-state index in [2.05, 4.69) is 67.0 Å². The van der Waals surface area contributed by atoms with Gasteiger partial charge in [0.05, 0.1) is 0 Å². The van der Waals surface area contributed by atoms with Crippen molar-refractivity contribution >= 4 is 6.08 Å². The van der Waals surface area contributed by atoms with E-state index in [0.717, 1.165) is 19.0 Å². The Morgan fingerprint density at radius 2 is 1.86 bits per heavy atom. The van der Waals surface area contributed by atoms with Crippen molar-refractivity contribution in [1.29, 1.82) is 0 Å². The van der Waals surface area contributed by atoms with Crippen LogP contribution in [0.4, 0.5) is 0 Å². The van der Waals surface area contributed by atoms with E-state index in [1.165, 1.54) is 43.7 Å². The van der Waals surface area contributed by atoms with Crippen LogP contribution in [0.5, 0.6) is 0 Å². The lowest BCUT2D eigenvalue weighted by molar-refractivity contribution is 0.215. The number of aryl methyl sites for hydroxylation is 1. The summed E-state index contributed by atoms with van der Waals surface area (Å²) < 4.78 is 0. The first-order chi connectivity index (χ1) is 10.3. The molecule has 1 aromatic carbocycles. The van der Waals surface area contributed by atoms with Crippen LogP contribution in [-0.4, -0.2) is 48.6 Å². The van der Waals surface area contributed by atoms with E-state index < -0.39 is 0 Å². The maximum Gasteiger partial charge on any atom is 0.0235 e. The van der Waals surface area contributed by atoms with Crippen LogP contribution in [0.15, 0.2) is 30.3 Å². The van der Waals surface area contributed by atoms with E-state index in [0.29, 0.717) is 0 Å². The molecule has 1 aromatic rings. The van der Waals surface area contributed by atoms with E-state index >= 15 is 0 Å². The Morgan fingerprint density at radius 1 is 1.14 bits per heavy atom. The molecule has 0 aromatic heterocycles. The minimum Gasteiger partial charge on any atom is -0.300 e. The number of hydrogen-bond donors (Lipinski definition) is 0. The molecule has 0 aliphatic carbocycles. The largest absolute Gasteiger partial charge is 0.300 e. The third-order valence-electron chi connectivity index (χ3n) is 4.64. The first kappa shape index (κ1) is 16.3. The Hall–Kier alpha value is -1.12. The third kappa shape index (κ3) is 4.69. The van der Waals surface area contributed by atoms with Crippen molar-refractivity contribution in [1.82, 2.24) is 9.80 Å². The molecule has 2 nitrogen and oxygen atoms in total. The summed E-state index contributed by atoms with van der Waals surface area (Å²) in [7, 11) is 0. The van der Waals surface area contributed by atoms with Gasteiger partial charge in [-0.15, -0.1) is 0 Å². The quantitative estimate of drug-likeness (QED) is 0.754. The molecular weight excluding hydrogens is 256 g/mol. The highest BCUT2D eigenvalue weighted by molar-refractivity contribution is 5.49. The standard InChI is InChI=1S/C19H30N2/c1-4-17-9-11-18(12-10-17)8-7-14-20-15-13-19(16-20)21(5-2)6-3/h7-12,19H,4-6,13-16H2,1-3H3/b8-7+. The molecule has 1 aliphatic heterocycles. The number of benzene rings is 1. The Kier molecular flexibility index (Phi) is 6.47. The van der Waals surface area contributed by atoms with Gasteiger partial charge in [-0.1, -0.05) is 57.2 Å². The highest BCUT2D eigenvalue weighted by atomic mass is 15.2. The van der Waals surface area contributed by atoms with Gasteiger partial charge in [0.1, 0.15) is 0 Å². The zero-order valence-corrected chi connectivity index (χ0v) is 13.9. The van der Waals surface area contributed by atoms with Crippen molar-refractivity contribution in [2.45, 2.75) is 39.7 Å². The van der Waals surface area contributed by atoms with Gasteiger partial charge < -0.3 is 0 Å². The fourth-order valence-electron chi connectivity index (χ4n) is 3.22. The van der Waals surface area contributed by atoms with Crippen molar-refractivity contribution < 1.29 is 0 Å². The molecule has 1 fully saturated rings. The van der Waals surface area contributed by atoms with Crippen LogP contribution in [0.3, 0.4) is 0 Å². The van der Waals surface area contributed by atoms with Crippen LogP contribution >= 0.6 is 0 Å². The van der Waals surface area contributed by atoms with Gasteiger partial charge in [-0.05, 0) is 37.1 Å². The number of nitrogens with zero attached hydrogens (tertiary/aromatic N) is 2. The Bertz CT molecular complexity index is 431. The van der Waals surface area contributed by atoms with Gasteiger partial charge in [0.2, 0.25) is 0 Å². The van der Waals surface area contributed by atoms with Crippen LogP contribution in [0.2, 0.25) is 0 Å². The summed E-state index contributed by atoms with van der Waals surface area (Å²) in [6, 6.07) is 9.66. The smallest absolute Gasteiger partial charge is 0.0235 e. The topological polar surface area (TPSA) is 6.48 Å². The zero-order valence-electron chi connectivity index (χ0n) is 13.9. The highest BCUT2D eigenvalue weighted by Gasteiger charge is 2.24. The van der Waals surface area contributed by atoms with Crippen LogP contribution in [0, 0.1) is 0 Å². The zero-order chi connectivity index (χ0) is 15.1. The Morgan fingerprint density at radius 3 is 2.48 bits per heavy atom. The second kappa shape index (κ2) is 8.35. The van der Waals surface area contributed by atoms with E-state index in [1.807, 2.05) is 0 Å². The number of likely N-dealkylation sites (tertiary alicyclic amines) is 1. The molecule has 116 valence electrons. The predicted molar refractivity (Wildman–Crippen MR) is 92.6 cm³/mol. The van der Waals surface area contributed by atoms with Gasteiger partial charge >= 0.3 is 0 Å². The molecule has 2 rings (SSSR count). The first-order valence-corrected chi connectivity index (χ1v) is 8.48. The predicted octanol–water partition coefficient (Wildman–Crippen LogP) is 3.68. The summed E-state index contributed by atoms with van der Waals surface area (Å²) in [4.78, 5) is 5.16. The fraction of sp³-hybridized carbons (Fsp3) is 0.579. The van der Waals surface area contributed by atoms with Gasteiger partial charge in [-0.3, -0.25) is 9.80 Å². The van der Waals surface area contributed by atoms with E-state index in [9.17, 15) is 0 Å². The van der Waals surface area contributed by atoms with Crippen LogP contribution in [-0.2, 0) is 6.42 Å². The van der Waals surface area contributed by atoms with Crippen molar-refractivity contribution in [2.75, 3.05) is 32.7 Å². The molecule has 0 bridgehead atoms. The lowest BCUT2D eigenvalue weighted by Crippen LogP contribution is -2.37. The van der Waals surface area contributed by atoms with E-state index in [4.69, 9.17) is 0 Å². The monoisotopic (exact) mass is 286 g/mol. The Balaban J connectivity index is 1.79. The van der Waals surface area contributed by atoms with Gasteiger partial charge in [0, 0.05) is 25.7 Å². The maximum absolute atomic E-state index is 2.59. The van der Waals surface area contributed by atoms with E-state index in [-0.39, 0.29) is 0 Å². The van der Waals surface area contributed by atoms with Crippen molar-refractivity contribution in [2.24, 2.45) is 0 Å². The van der Waals surface area contributed by atoms with Gasteiger partial charge in [-0.2, -0.15) is 0 Å². The molecular formula is C19H30N2. The molecule has 1 saturated heterocycles. The van der Waals surface area contributed by atoms with Crippen molar-refractivity contribution in [3.8, 4) is 0 Å². The molecule has 0 saturated carbocycles. The van der Waals surface area contributed by atoms with Gasteiger partial charge in [-0.25, -0.2) is 0 Å². The number of hydrogen-bond acceptors (Lipinski definition) is 2. The molecule has 1 heterocycles. The fourth-order valence-corrected chi connectivity index (χ4v) is 3.22. The molecule has 0 amide bonds. The van der Waals surface area contributed by atoms with Gasteiger partial charge in [0.15, 0.2) is 0 Å². The van der Waals surface area contributed by atoms with Crippen molar-refractivity contribution in [3.63, 3.8) is 0 Å². The maximum atomic E-state index is 2.59. The molecule has 1 unspecified atom stereocenters. The number of rotatable bonds is 7. The summed E-state index contributed by atoms with van der Waals surface area (Å²) in [5.41, 5.74) is 2.72. The average molecular weight is 286 g/mol. The summed E-state index contributed by atoms with van der Waals surface area (Å²) in [6.45, 7) is 12.6. The van der Waals surface area contributed by atoms with E-state index in [1.54, 1.807) is 0 Å².